The van der Waals surface area contributed by atoms with E-state index in [1.165, 1.54) is 0 Å². The van der Waals surface area contributed by atoms with Crippen LogP contribution < -0.4 is 0 Å². The van der Waals surface area contributed by atoms with Gasteiger partial charge in [0.25, 0.3) is 5.91 Å². The summed E-state index contributed by atoms with van der Waals surface area (Å²) in [6.07, 6.45) is 7.36. The Balaban J connectivity index is 1.93. The molecule has 0 saturated carbocycles. The van der Waals surface area contributed by atoms with Gasteiger partial charge in [-0.25, -0.2) is 0 Å². The standard InChI is InChI=1S/C22H25N3O2S/c1-14-11-19(24(3)13-15(14)2)25-21(16-7-6-10-23-12-16)17-8-5-9-18(28(4)27)20(17)22(25)26/h5-12,14-15,21H,13H2,1-4H3/t14?,15-,21?,28?/m0/s1. The smallest absolute Gasteiger partial charge is 0.261 e. The molecule has 0 radical (unpaired) electrons. The molecule has 0 aliphatic carbocycles. The highest BCUT2D eigenvalue weighted by Crippen LogP contribution is 2.44. The van der Waals surface area contributed by atoms with Crippen LogP contribution in [0.1, 0.15) is 41.4 Å². The summed E-state index contributed by atoms with van der Waals surface area (Å²) in [6.45, 7) is 5.31. The van der Waals surface area contributed by atoms with Gasteiger partial charge in [0.05, 0.1) is 27.3 Å². The number of nitrogens with zero attached hydrogens (tertiary/aromatic N) is 3. The van der Waals surface area contributed by atoms with E-state index in [4.69, 9.17) is 0 Å². The van der Waals surface area contributed by atoms with Crippen LogP contribution in [0.3, 0.4) is 0 Å². The van der Waals surface area contributed by atoms with Crippen molar-refractivity contribution in [3.63, 3.8) is 0 Å². The number of rotatable bonds is 3. The van der Waals surface area contributed by atoms with Crippen molar-refractivity contribution >= 4 is 16.7 Å². The monoisotopic (exact) mass is 395 g/mol. The molecule has 2 aliphatic rings. The molecular weight excluding hydrogens is 370 g/mol. The average molecular weight is 396 g/mol. The van der Waals surface area contributed by atoms with Gasteiger partial charge in [0.1, 0.15) is 5.82 Å². The van der Waals surface area contributed by atoms with Gasteiger partial charge < -0.3 is 4.90 Å². The Labute approximate surface area is 168 Å². The lowest BCUT2D eigenvalue weighted by molar-refractivity contribution is 0.0722. The number of hydrogen-bond donors (Lipinski definition) is 0. The fourth-order valence-corrected chi connectivity index (χ4v) is 4.97. The molecule has 5 nitrogen and oxygen atoms in total. The van der Waals surface area contributed by atoms with E-state index in [9.17, 15) is 9.00 Å². The van der Waals surface area contributed by atoms with Gasteiger partial charge in [0.2, 0.25) is 0 Å². The second-order valence-corrected chi connectivity index (χ2v) is 9.13. The van der Waals surface area contributed by atoms with Gasteiger partial charge in [-0.15, -0.1) is 0 Å². The molecule has 0 saturated heterocycles. The predicted octanol–water partition coefficient (Wildman–Crippen LogP) is 3.42. The van der Waals surface area contributed by atoms with Gasteiger partial charge in [-0.3, -0.25) is 18.9 Å². The van der Waals surface area contributed by atoms with Crippen LogP contribution in [0.4, 0.5) is 0 Å². The van der Waals surface area contributed by atoms with E-state index in [1.54, 1.807) is 18.5 Å². The zero-order valence-electron chi connectivity index (χ0n) is 16.6. The highest BCUT2D eigenvalue weighted by Gasteiger charge is 2.43. The largest absolute Gasteiger partial charge is 0.361 e. The van der Waals surface area contributed by atoms with Gasteiger partial charge in [-0.05, 0) is 41.2 Å². The van der Waals surface area contributed by atoms with E-state index in [2.05, 4.69) is 29.8 Å². The minimum absolute atomic E-state index is 0.0884. The summed E-state index contributed by atoms with van der Waals surface area (Å²) in [5.74, 6) is 1.71. The van der Waals surface area contributed by atoms with Crippen molar-refractivity contribution in [2.24, 2.45) is 11.8 Å². The molecule has 2 aromatic rings. The van der Waals surface area contributed by atoms with Crippen LogP contribution in [-0.2, 0) is 10.8 Å². The Morgan fingerprint density at radius 1 is 1.18 bits per heavy atom. The number of hydrogen-bond acceptors (Lipinski definition) is 4. The number of amides is 1. The number of aromatic nitrogens is 1. The van der Waals surface area contributed by atoms with Gasteiger partial charge in [0, 0.05) is 32.2 Å². The van der Waals surface area contributed by atoms with Crippen molar-refractivity contribution in [1.82, 2.24) is 14.8 Å². The molecule has 4 atom stereocenters. The molecule has 1 amide bonds. The molecule has 3 heterocycles. The highest BCUT2D eigenvalue weighted by molar-refractivity contribution is 7.84. The molecule has 0 fully saturated rings. The Hall–Kier alpha value is -2.47. The van der Waals surface area contributed by atoms with Crippen LogP contribution in [-0.4, -0.2) is 44.7 Å². The summed E-state index contributed by atoms with van der Waals surface area (Å²) in [5, 5.41) is 0. The predicted molar refractivity (Wildman–Crippen MR) is 110 cm³/mol. The molecule has 0 N–H and O–H groups in total. The second kappa shape index (κ2) is 7.17. The fourth-order valence-electron chi connectivity index (χ4n) is 4.21. The van der Waals surface area contributed by atoms with Crippen LogP contribution >= 0.6 is 0 Å². The number of fused-ring (bicyclic) bond motifs is 1. The molecule has 146 valence electrons. The van der Waals surface area contributed by atoms with Crippen LogP contribution in [0.15, 0.2) is 59.5 Å². The zero-order valence-corrected chi connectivity index (χ0v) is 17.4. The van der Waals surface area contributed by atoms with Crippen molar-refractivity contribution in [3.05, 3.63) is 71.3 Å². The SMILES string of the molecule is CC1C=C(N2C(=O)c3c(cccc3S(C)=O)C2c2cccnc2)N(C)C[C@@H]1C. The minimum Gasteiger partial charge on any atom is -0.361 e. The maximum atomic E-state index is 13.6. The number of pyridine rings is 1. The van der Waals surface area contributed by atoms with Gasteiger partial charge in [0.15, 0.2) is 0 Å². The summed E-state index contributed by atoms with van der Waals surface area (Å²) >= 11 is 0. The Morgan fingerprint density at radius 3 is 2.64 bits per heavy atom. The first-order chi connectivity index (χ1) is 13.4. The van der Waals surface area contributed by atoms with Crippen LogP contribution in [0.5, 0.6) is 0 Å². The summed E-state index contributed by atoms with van der Waals surface area (Å²) in [6, 6.07) is 9.27. The first-order valence-corrected chi connectivity index (χ1v) is 11.1. The molecule has 4 rings (SSSR count). The van der Waals surface area contributed by atoms with E-state index >= 15 is 0 Å². The van der Waals surface area contributed by atoms with E-state index in [1.807, 2.05) is 42.4 Å². The lowest BCUT2D eigenvalue weighted by atomic mass is 9.91. The third-order valence-corrected chi connectivity index (χ3v) is 6.82. The lowest BCUT2D eigenvalue weighted by Crippen LogP contribution is -2.42. The summed E-state index contributed by atoms with van der Waals surface area (Å²) in [5.41, 5.74) is 2.42. The van der Waals surface area contributed by atoms with E-state index in [0.717, 1.165) is 23.5 Å². The van der Waals surface area contributed by atoms with E-state index < -0.39 is 10.8 Å². The van der Waals surface area contributed by atoms with Crippen molar-refractivity contribution in [3.8, 4) is 0 Å². The summed E-state index contributed by atoms with van der Waals surface area (Å²) in [4.78, 5) is 22.5. The quantitative estimate of drug-likeness (QED) is 0.799. The number of carbonyl (C=O) groups is 1. The molecule has 6 heteroatoms. The Kier molecular flexibility index (Phi) is 4.83. The average Bonchev–Trinajstić information content (AvgIpc) is 2.98. The third-order valence-electron chi connectivity index (χ3n) is 5.86. The van der Waals surface area contributed by atoms with Crippen LogP contribution in [0, 0.1) is 11.8 Å². The second-order valence-electron chi connectivity index (χ2n) is 7.78. The number of allylic oxidation sites excluding steroid dienone is 1. The minimum atomic E-state index is -1.24. The first-order valence-electron chi connectivity index (χ1n) is 9.53. The number of benzene rings is 1. The maximum absolute atomic E-state index is 13.6. The van der Waals surface area contributed by atoms with Crippen molar-refractivity contribution in [1.29, 1.82) is 0 Å². The van der Waals surface area contributed by atoms with E-state index in [0.29, 0.717) is 22.3 Å². The molecule has 2 aliphatic heterocycles. The van der Waals surface area contributed by atoms with E-state index in [-0.39, 0.29) is 11.9 Å². The van der Waals surface area contributed by atoms with Crippen LogP contribution in [0.25, 0.3) is 0 Å². The molecule has 28 heavy (non-hydrogen) atoms. The van der Waals surface area contributed by atoms with Gasteiger partial charge in [-0.1, -0.05) is 32.0 Å². The molecular formula is C22H25N3O2S. The highest BCUT2D eigenvalue weighted by atomic mass is 32.2. The summed E-state index contributed by atoms with van der Waals surface area (Å²) < 4.78 is 12.3. The Bertz CT molecular complexity index is 973. The van der Waals surface area contributed by atoms with Gasteiger partial charge in [-0.2, -0.15) is 0 Å². The third kappa shape index (κ3) is 2.96. The number of carbonyl (C=O) groups excluding carboxylic acids is 1. The lowest BCUT2D eigenvalue weighted by Gasteiger charge is -2.40. The van der Waals surface area contributed by atoms with Crippen molar-refractivity contribution < 1.29 is 9.00 Å². The zero-order chi connectivity index (χ0) is 20.0. The molecule has 1 aromatic heterocycles. The molecule has 3 unspecified atom stereocenters. The normalized spacial score (nSPS) is 25.5. The first kappa shape index (κ1) is 18.9. The fraction of sp³-hybridized carbons (Fsp3) is 0.364. The topological polar surface area (TPSA) is 53.5 Å². The van der Waals surface area contributed by atoms with Gasteiger partial charge >= 0.3 is 0 Å². The van der Waals surface area contributed by atoms with Crippen molar-refractivity contribution in [2.75, 3.05) is 19.8 Å². The molecule has 1 aromatic carbocycles. The summed E-state index contributed by atoms with van der Waals surface area (Å²) in [7, 11) is 0.791. The molecule has 0 spiro atoms. The maximum Gasteiger partial charge on any atom is 0.261 e. The Morgan fingerprint density at radius 2 is 1.96 bits per heavy atom. The van der Waals surface area contributed by atoms with Crippen molar-refractivity contribution in [2.45, 2.75) is 24.8 Å². The molecule has 0 bridgehead atoms. The van der Waals surface area contributed by atoms with Crippen LogP contribution in [0.2, 0.25) is 0 Å².